The van der Waals surface area contributed by atoms with Gasteiger partial charge in [-0.05, 0) is 6.07 Å². The fourth-order valence-corrected chi connectivity index (χ4v) is 1.54. The Hall–Kier alpha value is -2.24. The highest BCUT2D eigenvalue weighted by Crippen LogP contribution is 2.23. The van der Waals surface area contributed by atoms with Crippen LogP contribution in [0, 0.1) is 21.7 Å². The van der Waals surface area contributed by atoms with Crippen LogP contribution in [0.4, 0.5) is 8.78 Å². The van der Waals surface area contributed by atoms with Gasteiger partial charge < -0.3 is 4.98 Å². The molecule has 0 unspecified atom stereocenters. The fourth-order valence-electron chi connectivity index (χ4n) is 1.54. The lowest BCUT2D eigenvalue weighted by atomic mass is 10.1. The van der Waals surface area contributed by atoms with Crippen molar-refractivity contribution in [2.45, 2.75) is 6.92 Å². The van der Waals surface area contributed by atoms with Gasteiger partial charge in [-0.15, -0.1) is 0 Å². The first-order valence-corrected chi connectivity index (χ1v) is 4.78. The summed E-state index contributed by atoms with van der Waals surface area (Å²) in [4.78, 5) is 12.7. The van der Waals surface area contributed by atoms with E-state index in [0.717, 1.165) is 12.1 Å². The van der Waals surface area contributed by atoms with Crippen molar-refractivity contribution in [1.82, 2.24) is 4.98 Å². The molecule has 0 amide bonds. The van der Waals surface area contributed by atoms with Crippen LogP contribution in [0.1, 0.15) is 12.5 Å². The molecule has 1 heterocycles. The van der Waals surface area contributed by atoms with Crippen molar-refractivity contribution in [2.75, 3.05) is 0 Å². The molecular formula is C11H8F2N2O2. The van der Waals surface area contributed by atoms with Crippen LogP contribution in [0.15, 0.2) is 24.0 Å². The van der Waals surface area contributed by atoms with E-state index in [9.17, 15) is 18.9 Å². The lowest BCUT2D eigenvalue weighted by Gasteiger charge is -1.95. The molecule has 1 N–H and O–H groups in total. The number of nitro groups is 1. The van der Waals surface area contributed by atoms with Gasteiger partial charge in [0.15, 0.2) is 11.6 Å². The van der Waals surface area contributed by atoms with Crippen molar-refractivity contribution in [1.29, 1.82) is 0 Å². The van der Waals surface area contributed by atoms with Crippen LogP contribution in [-0.4, -0.2) is 9.91 Å². The second-order valence-electron chi connectivity index (χ2n) is 3.60. The Morgan fingerprint density at radius 2 is 2.06 bits per heavy atom. The van der Waals surface area contributed by atoms with Crippen molar-refractivity contribution in [2.24, 2.45) is 0 Å². The smallest absolute Gasteiger partial charge is 0.243 e. The number of fused-ring (bicyclic) bond motifs is 1. The summed E-state index contributed by atoms with van der Waals surface area (Å²) in [6.45, 7) is 1.33. The van der Waals surface area contributed by atoms with E-state index >= 15 is 0 Å². The number of benzene rings is 1. The molecule has 0 aliphatic carbocycles. The van der Waals surface area contributed by atoms with Crippen LogP contribution in [-0.2, 0) is 0 Å². The van der Waals surface area contributed by atoms with Crippen LogP contribution >= 0.6 is 0 Å². The number of nitrogens with one attached hydrogen (secondary N) is 1. The van der Waals surface area contributed by atoms with Crippen molar-refractivity contribution in [3.8, 4) is 0 Å². The molecule has 0 bridgehead atoms. The maximum atomic E-state index is 13.1. The number of hydrogen-bond acceptors (Lipinski definition) is 2. The lowest BCUT2D eigenvalue weighted by molar-refractivity contribution is -0.422. The zero-order chi connectivity index (χ0) is 12.6. The Bertz CT molecular complexity index is 632. The van der Waals surface area contributed by atoms with Gasteiger partial charge in [0.2, 0.25) is 5.70 Å². The van der Waals surface area contributed by atoms with E-state index in [1.54, 1.807) is 0 Å². The standard InChI is InChI=1S/C11H8F2N2O2/c1-6(15(16)17)2-7-5-14-11-4-10(13)9(12)3-8(7)11/h2-5,14H,1H3/b6-2+. The maximum absolute atomic E-state index is 13.1. The molecule has 4 nitrogen and oxygen atoms in total. The molecule has 88 valence electrons. The van der Waals surface area contributed by atoms with Gasteiger partial charge in [0.25, 0.3) is 0 Å². The minimum Gasteiger partial charge on any atom is -0.360 e. The Balaban J connectivity index is 2.61. The average Bonchev–Trinajstić information content (AvgIpc) is 2.62. The van der Waals surface area contributed by atoms with Gasteiger partial charge >= 0.3 is 0 Å². The van der Waals surface area contributed by atoms with Crippen LogP contribution in [0.2, 0.25) is 0 Å². The van der Waals surface area contributed by atoms with Gasteiger partial charge in [0.1, 0.15) is 0 Å². The molecule has 0 saturated carbocycles. The molecule has 2 rings (SSSR count). The summed E-state index contributed by atoms with van der Waals surface area (Å²) in [5, 5.41) is 10.9. The Labute approximate surface area is 94.7 Å². The monoisotopic (exact) mass is 238 g/mol. The Morgan fingerprint density at radius 1 is 1.41 bits per heavy atom. The Morgan fingerprint density at radius 3 is 2.71 bits per heavy atom. The van der Waals surface area contributed by atoms with E-state index in [2.05, 4.69) is 4.98 Å². The van der Waals surface area contributed by atoms with Gasteiger partial charge in [-0.1, -0.05) is 0 Å². The number of allylic oxidation sites excluding steroid dienone is 1. The molecule has 0 spiro atoms. The quantitative estimate of drug-likeness (QED) is 0.645. The highest BCUT2D eigenvalue weighted by Gasteiger charge is 2.10. The van der Waals surface area contributed by atoms with Crippen LogP contribution in [0.25, 0.3) is 17.0 Å². The molecule has 0 radical (unpaired) electrons. The molecule has 2 aromatic rings. The largest absolute Gasteiger partial charge is 0.360 e. The summed E-state index contributed by atoms with van der Waals surface area (Å²) < 4.78 is 26.0. The predicted octanol–water partition coefficient (Wildman–Crippen LogP) is 3.08. The molecule has 6 heteroatoms. The molecule has 1 aromatic heterocycles. The summed E-state index contributed by atoms with van der Waals surface area (Å²) in [7, 11) is 0. The van der Waals surface area contributed by atoms with Crippen LogP contribution in [0.5, 0.6) is 0 Å². The molecule has 0 aliphatic heterocycles. The van der Waals surface area contributed by atoms with E-state index in [0.29, 0.717) is 16.5 Å². The number of hydrogen-bond donors (Lipinski definition) is 1. The topological polar surface area (TPSA) is 58.9 Å². The summed E-state index contributed by atoms with van der Waals surface area (Å²) in [5.74, 6) is -1.94. The van der Waals surface area contributed by atoms with Crippen molar-refractivity contribution < 1.29 is 13.7 Å². The van der Waals surface area contributed by atoms with Gasteiger partial charge in [-0.3, -0.25) is 10.1 Å². The highest BCUT2D eigenvalue weighted by molar-refractivity contribution is 5.89. The summed E-state index contributed by atoms with van der Waals surface area (Å²) in [5.41, 5.74) is 0.773. The number of nitrogens with zero attached hydrogens (tertiary/aromatic N) is 1. The number of aromatic nitrogens is 1. The second kappa shape index (κ2) is 3.97. The first kappa shape index (κ1) is 11.3. The van der Waals surface area contributed by atoms with Gasteiger partial charge in [0, 0.05) is 41.7 Å². The molecule has 0 atom stereocenters. The van der Waals surface area contributed by atoms with E-state index in [1.807, 2.05) is 0 Å². The molecule has 1 aromatic carbocycles. The summed E-state index contributed by atoms with van der Waals surface area (Å²) >= 11 is 0. The Kier molecular flexibility index (Phi) is 2.63. The summed E-state index contributed by atoms with van der Waals surface area (Å²) in [6, 6.07) is 2.03. The van der Waals surface area contributed by atoms with Gasteiger partial charge in [0.05, 0.1) is 4.92 Å². The zero-order valence-electron chi connectivity index (χ0n) is 8.83. The first-order chi connectivity index (χ1) is 7.99. The second-order valence-corrected chi connectivity index (χ2v) is 3.60. The van der Waals surface area contributed by atoms with Crippen molar-refractivity contribution >= 4 is 17.0 Å². The average molecular weight is 238 g/mol. The third-order valence-corrected chi connectivity index (χ3v) is 2.41. The van der Waals surface area contributed by atoms with E-state index in [4.69, 9.17) is 0 Å². The third-order valence-electron chi connectivity index (χ3n) is 2.41. The van der Waals surface area contributed by atoms with Crippen LogP contribution in [0.3, 0.4) is 0 Å². The number of aromatic amines is 1. The zero-order valence-corrected chi connectivity index (χ0v) is 8.83. The normalized spacial score (nSPS) is 12.1. The van der Waals surface area contributed by atoms with E-state index in [1.165, 1.54) is 19.2 Å². The van der Waals surface area contributed by atoms with Crippen LogP contribution < -0.4 is 0 Å². The number of rotatable bonds is 2. The van der Waals surface area contributed by atoms with Crippen molar-refractivity contribution in [3.63, 3.8) is 0 Å². The maximum Gasteiger partial charge on any atom is 0.243 e. The van der Waals surface area contributed by atoms with Gasteiger partial charge in [-0.2, -0.15) is 0 Å². The minimum atomic E-state index is -0.981. The molecule has 0 saturated heterocycles. The molecule has 0 aliphatic rings. The van der Waals surface area contributed by atoms with Gasteiger partial charge in [-0.25, -0.2) is 8.78 Å². The third kappa shape index (κ3) is 2.01. The SMILES string of the molecule is C/C(=C\c1c[nH]c2cc(F)c(F)cc12)[N+](=O)[O-]. The highest BCUT2D eigenvalue weighted by atomic mass is 19.2. The van der Waals surface area contributed by atoms with Crippen molar-refractivity contribution in [3.05, 3.63) is 51.3 Å². The summed E-state index contributed by atoms with van der Waals surface area (Å²) in [6.07, 6.45) is 2.77. The fraction of sp³-hybridized carbons (Fsp3) is 0.0909. The van der Waals surface area contributed by atoms with E-state index in [-0.39, 0.29) is 5.70 Å². The predicted molar refractivity (Wildman–Crippen MR) is 58.9 cm³/mol. The number of halogens is 2. The minimum absolute atomic E-state index is 0.0735. The van der Waals surface area contributed by atoms with E-state index < -0.39 is 16.6 Å². The molecule has 17 heavy (non-hydrogen) atoms. The number of H-pyrrole nitrogens is 1. The first-order valence-electron chi connectivity index (χ1n) is 4.78. The molecule has 0 fully saturated rings. The molecular weight excluding hydrogens is 230 g/mol. The lowest BCUT2D eigenvalue weighted by Crippen LogP contribution is -1.92.